The molecule has 8 nitrogen and oxygen atoms in total. The Morgan fingerprint density at radius 2 is 1.75 bits per heavy atom. The second-order valence-electron chi connectivity index (χ2n) is 7.53. The van der Waals surface area contributed by atoms with Gasteiger partial charge in [0, 0.05) is 25.2 Å². The number of halogens is 1. The Morgan fingerprint density at radius 3 is 2.41 bits per heavy atom. The second-order valence-corrected chi connectivity index (χ2v) is 9.85. The summed E-state index contributed by atoms with van der Waals surface area (Å²) in [5, 5.41) is 3.18. The quantitative estimate of drug-likeness (QED) is 0.646. The summed E-state index contributed by atoms with van der Waals surface area (Å²) in [6, 6.07) is 8.14. The van der Waals surface area contributed by atoms with Crippen molar-refractivity contribution in [2.24, 2.45) is 5.92 Å². The van der Waals surface area contributed by atoms with Crippen molar-refractivity contribution in [1.29, 1.82) is 0 Å². The standard InChI is InChI=1S/C22H27ClN2O6S/c1-14-7-8-18(29-2)21(10-14)32(27,28)25-9-5-6-15(13-25)22(26)24-17-12-19(30-3)16(23)11-20(17)31-4/h7-8,10-12,15H,5-6,9,13H2,1-4H3,(H,24,26)/t15-/m1/s1. The molecule has 0 unspecified atom stereocenters. The molecule has 2 aromatic carbocycles. The average Bonchev–Trinajstić information content (AvgIpc) is 2.79. The molecule has 0 bridgehead atoms. The first-order valence-corrected chi connectivity index (χ1v) is 11.9. The van der Waals surface area contributed by atoms with Crippen LogP contribution in [0.1, 0.15) is 18.4 Å². The first kappa shape index (κ1) is 24.2. The van der Waals surface area contributed by atoms with Gasteiger partial charge in [0.1, 0.15) is 22.1 Å². The number of piperidine rings is 1. The number of ether oxygens (including phenoxy) is 3. The number of amides is 1. The summed E-state index contributed by atoms with van der Waals surface area (Å²) in [6.45, 7) is 2.22. The van der Waals surface area contributed by atoms with E-state index in [2.05, 4.69) is 5.32 Å². The predicted molar refractivity (Wildman–Crippen MR) is 122 cm³/mol. The van der Waals surface area contributed by atoms with Crippen molar-refractivity contribution in [3.05, 3.63) is 40.9 Å². The molecule has 2 aromatic rings. The van der Waals surface area contributed by atoms with Gasteiger partial charge in [0.25, 0.3) is 0 Å². The van der Waals surface area contributed by atoms with Gasteiger partial charge in [-0.25, -0.2) is 8.42 Å². The molecule has 10 heteroatoms. The highest BCUT2D eigenvalue weighted by molar-refractivity contribution is 7.89. The summed E-state index contributed by atoms with van der Waals surface area (Å²) in [5.41, 5.74) is 1.21. The fraction of sp³-hybridized carbons (Fsp3) is 0.409. The maximum atomic E-state index is 13.3. The van der Waals surface area contributed by atoms with Crippen LogP contribution in [0.15, 0.2) is 35.2 Å². The molecule has 1 aliphatic heterocycles. The van der Waals surface area contributed by atoms with Gasteiger partial charge in [0.15, 0.2) is 0 Å². The lowest BCUT2D eigenvalue weighted by Crippen LogP contribution is -2.43. The smallest absolute Gasteiger partial charge is 0.246 e. The molecule has 1 amide bonds. The molecular weight excluding hydrogens is 456 g/mol. The summed E-state index contributed by atoms with van der Waals surface area (Å²) in [4.78, 5) is 13.1. The van der Waals surface area contributed by atoms with E-state index in [1.807, 2.05) is 6.92 Å². The Kier molecular flexibility index (Phi) is 7.53. The monoisotopic (exact) mass is 482 g/mol. The predicted octanol–water partition coefficient (Wildman–Crippen LogP) is 3.71. The van der Waals surface area contributed by atoms with E-state index in [-0.39, 0.29) is 23.1 Å². The molecule has 174 valence electrons. The normalized spacial score (nSPS) is 17.0. The average molecular weight is 483 g/mol. The van der Waals surface area contributed by atoms with Crippen molar-refractivity contribution in [2.75, 3.05) is 39.7 Å². The van der Waals surface area contributed by atoms with Crippen molar-refractivity contribution in [3.8, 4) is 17.2 Å². The fourth-order valence-electron chi connectivity index (χ4n) is 3.69. The van der Waals surface area contributed by atoms with E-state index in [1.165, 1.54) is 25.6 Å². The molecule has 0 saturated carbocycles. The molecular formula is C22H27ClN2O6S. The van der Waals surface area contributed by atoms with Crippen LogP contribution >= 0.6 is 11.6 Å². The number of benzene rings is 2. The summed E-state index contributed by atoms with van der Waals surface area (Å²) in [7, 11) is 0.550. The van der Waals surface area contributed by atoms with E-state index in [0.717, 1.165) is 5.56 Å². The van der Waals surface area contributed by atoms with Crippen molar-refractivity contribution >= 4 is 33.2 Å². The molecule has 3 rings (SSSR count). The maximum absolute atomic E-state index is 13.3. The van der Waals surface area contributed by atoms with Gasteiger partial charge >= 0.3 is 0 Å². The number of anilines is 1. The van der Waals surface area contributed by atoms with E-state index < -0.39 is 15.9 Å². The number of hydrogen-bond acceptors (Lipinski definition) is 6. The van der Waals surface area contributed by atoms with Crippen molar-refractivity contribution in [1.82, 2.24) is 4.31 Å². The third-order valence-electron chi connectivity index (χ3n) is 5.42. The lowest BCUT2D eigenvalue weighted by molar-refractivity contribution is -0.120. The van der Waals surface area contributed by atoms with Gasteiger partial charge < -0.3 is 19.5 Å². The van der Waals surface area contributed by atoms with E-state index >= 15 is 0 Å². The third-order valence-corrected chi connectivity index (χ3v) is 7.61. The Hall–Kier alpha value is -2.49. The van der Waals surface area contributed by atoms with Gasteiger partial charge in [0.2, 0.25) is 15.9 Å². The topological polar surface area (TPSA) is 94.2 Å². The number of rotatable bonds is 7. The molecule has 32 heavy (non-hydrogen) atoms. The Morgan fingerprint density at radius 1 is 1.06 bits per heavy atom. The van der Waals surface area contributed by atoms with E-state index in [1.54, 1.807) is 30.3 Å². The van der Waals surface area contributed by atoms with Crippen LogP contribution in [0.4, 0.5) is 5.69 Å². The van der Waals surface area contributed by atoms with Crippen molar-refractivity contribution < 1.29 is 27.4 Å². The summed E-state index contributed by atoms with van der Waals surface area (Å²) < 4.78 is 43.8. The first-order chi connectivity index (χ1) is 15.2. The minimum absolute atomic E-state index is 0.0678. The highest BCUT2D eigenvalue weighted by atomic mass is 35.5. The molecule has 1 aliphatic rings. The Labute approximate surface area is 193 Å². The van der Waals surface area contributed by atoms with E-state index in [9.17, 15) is 13.2 Å². The van der Waals surface area contributed by atoms with Gasteiger partial charge in [0.05, 0.1) is 38.0 Å². The molecule has 0 spiro atoms. The van der Waals surface area contributed by atoms with E-state index in [0.29, 0.717) is 41.6 Å². The van der Waals surface area contributed by atoms with Crippen molar-refractivity contribution in [2.45, 2.75) is 24.7 Å². The Bertz CT molecular complexity index is 1110. The van der Waals surface area contributed by atoms with Crippen LogP contribution in [0.5, 0.6) is 17.2 Å². The van der Waals surface area contributed by atoms with Crippen LogP contribution in [-0.4, -0.2) is 53.0 Å². The van der Waals surface area contributed by atoms with Gasteiger partial charge in [-0.15, -0.1) is 0 Å². The number of nitrogens with zero attached hydrogens (tertiary/aromatic N) is 1. The molecule has 1 fully saturated rings. The molecule has 0 radical (unpaired) electrons. The van der Waals surface area contributed by atoms with Crippen LogP contribution in [0.3, 0.4) is 0 Å². The molecule has 1 atom stereocenters. The van der Waals surface area contributed by atoms with Gasteiger partial charge in [-0.1, -0.05) is 17.7 Å². The van der Waals surface area contributed by atoms with E-state index in [4.69, 9.17) is 25.8 Å². The lowest BCUT2D eigenvalue weighted by atomic mass is 9.98. The molecule has 1 saturated heterocycles. The molecule has 1 N–H and O–H groups in total. The first-order valence-electron chi connectivity index (χ1n) is 10.1. The number of nitrogens with one attached hydrogen (secondary N) is 1. The largest absolute Gasteiger partial charge is 0.495 e. The Balaban J connectivity index is 1.82. The van der Waals surface area contributed by atoms with Crippen LogP contribution < -0.4 is 19.5 Å². The molecule has 0 aromatic heterocycles. The number of aryl methyl sites for hydroxylation is 1. The van der Waals surface area contributed by atoms with Crippen molar-refractivity contribution in [3.63, 3.8) is 0 Å². The van der Waals surface area contributed by atoms with Gasteiger partial charge in [-0.2, -0.15) is 4.31 Å². The molecule has 0 aliphatic carbocycles. The lowest BCUT2D eigenvalue weighted by Gasteiger charge is -2.31. The zero-order valence-corrected chi connectivity index (χ0v) is 20.0. The van der Waals surface area contributed by atoms with Gasteiger partial charge in [-0.05, 0) is 37.5 Å². The zero-order valence-electron chi connectivity index (χ0n) is 18.5. The summed E-state index contributed by atoms with van der Waals surface area (Å²) in [5.74, 6) is 0.223. The van der Waals surface area contributed by atoms with Gasteiger partial charge in [-0.3, -0.25) is 4.79 Å². The fourth-order valence-corrected chi connectivity index (χ4v) is 5.69. The maximum Gasteiger partial charge on any atom is 0.246 e. The number of methoxy groups -OCH3 is 3. The number of carbonyl (C=O) groups is 1. The highest BCUT2D eigenvalue weighted by Crippen LogP contribution is 2.37. The van der Waals surface area contributed by atoms with Crippen LogP contribution in [0.2, 0.25) is 5.02 Å². The summed E-state index contributed by atoms with van der Waals surface area (Å²) >= 11 is 6.13. The SMILES string of the molecule is COc1cc(NC(=O)[C@@H]2CCCN(S(=O)(=O)c3cc(C)ccc3OC)C2)c(OC)cc1Cl. The summed E-state index contributed by atoms with van der Waals surface area (Å²) in [6.07, 6.45) is 1.13. The third kappa shape index (κ3) is 4.95. The zero-order chi connectivity index (χ0) is 23.5. The number of sulfonamides is 1. The number of carbonyl (C=O) groups excluding carboxylic acids is 1. The minimum Gasteiger partial charge on any atom is -0.495 e. The van der Waals surface area contributed by atoms with Crippen LogP contribution in [-0.2, 0) is 14.8 Å². The highest BCUT2D eigenvalue weighted by Gasteiger charge is 2.35. The van der Waals surface area contributed by atoms with Crippen LogP contribution in [0.25, 0.3) is 0 Å². The minimum atomic E-state index is -3.83. The van der Waals surface area contributed by atoms with Crippen LogP contribution in [0, 0.1) is 12.8 Å². The molecule has 1 heterocycles. The number of hydrogen-bond donors (Lipinski definition) is 1. The second kappa shape index (κ2) is 9.97.